The van der Waals surface area contributed by atoms with Crippen molar-refractivity contribution in [3.8, 4) is 0 Å². The fourth-order valence-electron chi connectivity index (χ4n) is 1.92. The highest BCUT2D eigenvalue weighted by atomic mass is 16.8. The molecule has 5 nitrogen and oxygen atoms in total. The Kier molecular flexibility index (Phi) is 5.85. The quantitative estimate of drug-likeness (QED) is 0.315. The molecule has 0 spiro atoms. The van der Waals surface area contributed by atoms with E-state index in [1.165, 1.54) is 32.2 Å². The third-order valence-corrected chi connectivity index (χ3v) is 3.14. The third-order valence-electron chi connectivity index (χ3n) is 3.14. The molecule has 2 unspecified atom stereocenters. The van der Waals surface area contributed by atoms with Crippen LogP contribution in [0.1, 0.15) is 25.7 Å². The van der Waals surface area contributed by atoms with Crippen molar-refractivity contribution in [3.63, 3.8) is 0 Å². The fraction of sp³-hybridized carbons (Fsp3) is 1.00. The lowest BCUT2D eigenvalue weighted by Crippen LogP contribution is -2.30. The summed E-state index contributed by atoms with van der Waals surface area (Å²) in [5, 5.41) is 2.03. The first-order valence-electron chi connectivity index (χ1n) is 7.03. The van der Waals surface area contributed by atoms with Crippen molar-refractivity contribution in [2.75, 3.05) is 46.9 Å². The normalized spacial score (nSPS) is 26.0. The molecule has 0 radical (unpaired) electrons. The van der Waals surface area contributed by atoms with Crippen LogP contribution in [0.4, 0.5) is 0 Å². The number of hydroxylamine groups is 2. The number of epoxide rings is 2. The van der Waals surface area contributed by atoms with E-state index >= 15 is 0 Å². The molecule has 0 amide bonds. The summed E-state index contributed by atoms with van der Waals surface area (Å²) in [7, 11) is 4.25. The summed E-state index contributed by atoms with van der Waals surface area (Å²) in [6.45, 7) is 4.68. The van der Waals surface area contributed by atoms with Crippen molar-refractivity contribution in [1.29, 1.82) is 0 Å². The molecule has 2 rings (SSSR count). The van der Waals surface area contributed by atoms with E-state index in [4.69, 9.17) is 14.3 Å². The maximum atomic E-state index is 5.68. The molecular formula is C13H26N2O3. The number of hydrogen-bond donors (Lipinski definition) is 0. The SMILES string of the molecule is CN(C)CCCCCCN(CC1CO1)OC1CO1. The lowest BCUT2D eigenvalue weighted by atomic mass is 10.2. The predicted octanol–water partition coefficient (Wildman–Crippen LogP) is 1.10. The summed E-state index contributed by atoms with van der Waals surface area (Å²) >= 11 is 0. The molecule has 0 N–H and O–H groups in total. The van der Waals surface area contributed by atoms with E-state index in [9.17, 15) is 0 Å². The van der Waals surface area contributed by atoms with Crippen LogP contribution in [0.15, 0.2) is 0 Å². The summed E-state index contributed by atoms with van der Waals surface area (Å²) in [5.41, 5.74) is 0. The van der Waals surface area contributed by atoms with Gasteiger partial charge in [-0.05, 0) is 33.5 Å². The highest BCUT2D eigenvalue weighted by Gasteiger charge is 2.31. The van der Waals surface area contributed by atoms with Crippen LogP contribution in [-0.4, -0.2) is 69.3 Å². The fourth-order valence-corrected chi connectivity index (χ4v) is 1.92. The Labute approximate surface area is 110 Å². The molecule has 2 atom stereocenters. The van der Waals surface area contributed by atoms with Gasteiger partial charge in [-0.2, -0.15) is 5.06 Å². The Bertz CT molecular complexity index is 216. The largest absolute Gasteiger partial charge is 0.372 e. The van der Waals surface area contributed by atoms with Gasteiger partial charge in [0.15, 0.2) is 0 Å². The van der Waals surface area contributed by atoms with Gasteiger partial charge in [0, 0.05) is 6.54 Å². The maximum Gasteiger partial charge on any atom is 0.201 e. The van der Waals surface area contributed by atoms with Gasteiger partial charge in [-0.1, -0.05) is 12.8 Å². The topological polar surface area (TPSA) is 40.8 Å². The van der Waals surface area contributed by atoms with Crippen LogP contribution in [0.25, 0.3) is 0 Å². The molecular weight excluding hydrogens is 232 g/mol. The molecule has 2 saturated heterocycles. The number of hydrogen-bond acceptors (Lipinski definition) is 5. The molecule has 2 fully saturated rings. The molecule has 0 aromatic carbocycles. The van der Waals surface area contributed by atoms with Gasteiger partial charge in [0.2, 0.25) is 6.29 Å². The van der Waals surface area contributed by atoms with Gasteiger partial charge < -0.3 is 14.4 Å². The van der Waals surface area contributed by atoms with Gasteiger partial charge in [-0.3, -0.25) is 4.84 Å². The number of ether oxygens (including phenoxy) is 2. The minimum absolute atomic E-state index is 0.0116. The van der Waals surface area contributed by atoms with Crippen LogP contribution < -0.4 is 0 Å². The zero-order chi connectivity index (χ0) is 12.8. The van der Waals surface area contributed by atoms with Crippen LogP contribution in [0.3, 0.4) is 0 Å². The van der Waals surface area contributed by atoms with Crippen molar-refractivity contribution >= 4 is 0 Å². The van der Waals surface area contributed by atoms with Gasteiger partial charge in [0.25, 0.3) is 0 Å². The summed E-state index contributed by atoms with van der Waals surface area (Å²) in [4.78, 5) is 7.92. The van der Waals surface area contributed by atoms with Crippen molar-refractivity contribution in [2.45, 2.75) is 38.1 Å². The Morgan fingerprint density at radius 2 is 1.67 bits per heavy atom. The van der Waals surface area contributed by atoms with E-state index in [2.05, 4.69) is 19.0 Å². The minimum Gasteiger partial charge on any atom is -0.372 e. The third kappa shape index (κ3) is 6.66. The number of rotatable bonds is 11. The zero-order valence-corrected chi connectivity index (χ0v) is 11.6. The lowest BCUT2D eigenvalue weighted by molar-refractivity contribution is -0.196. The highest BCUT2D eigenvalue weighted by Crippen LogP contribution is 2.17. The van der Waals surface area contributed by atoms with Gasteiger partial charge in [-0.25, -0.2) is 0 Å². The molecule has 0 aromatic rings. The van der Waals surface area contributed by atoms with Gasteiger partial charge in [0.1, 0.15) is 6.61 Å². The smallest absolute Gasteiger partial charge is 0.201 e. The second kappa shape index (κ2) is 7.40. The molecule has 5 heteroatoms. The molecule has 2 aliphatic rings. The first kappa shape index (κ1) is 14.2. The molecule has 0 saturated carbocycles. The van der Waals surface area contributed by atoms with Crippen molar-refractivity contribution < 1.29 is 14.3 Å². The van der Waals surface area contributed by atoms with E-state index in [-0.39, 0.29) is 6.29 Å². The van der Waals surface area contributed by atoms with E-state index in [1.54, 1.807) is 0 Å². The van der Waals surface area contributed by atoms with Crippen molar-refractivity contribution in [3.05, 3.63) is 0 Å². The number of nitrogens with zero attached hydrogens (tertiary/aromatic N) is 2. The van der Waals surface area contributed by atoms with E-state index < -0.39 is 0 Å². The molecule has 106 valence electrons. The Balaban J connectivity index is 1.48. The molecule has 2 heterocycles. The minimum atomic E-state index is 0.0116. The van der Waals surface area contributed by atoms with E-state index in [0.29, 0.717) is 6.10 Å². The Morgan fingerprint density at radius 3 is 2.22 bits per heavy atom. The molecule has 0 aromatic heterocycles. The predicted molar refractivity (Wildman–Crippen MR) is 69.2 cm³/mol. The first-order valence-corrected chi connectivity index (χ1v) is 7.03. The lowest BCUT2D eigenvalue weighted by Gasteiger charge is -2.19. The second-order valence-corrected chi connectivity index (χ2v) is 5.43. The van der Waals surface area contributed by atoms with Crippen LogP contribution in [0.5, 0.6) is 0 Å². The number of unbranched alkanes of at least 4 members (excludes halogenated alkanes) is 3. The standard InChI is InChI=1S/C13H26N2O3/c1-14(2)7-5-3-4-6-8-15(9-12-10-16-12)18-13-11-17-13/h12-13H,3-11H2,1-2H3. The second-order valence-electron chi connectivity index (χ2n) is 5.43. The average Bonchev–Trinajstić information content (AvgIpc) is 3.18. The maximum absolute atomic E-state index is 5.68. The summed E-state index contributed by atoms with van der Waals surface area (Å²) < 4.78 is 10.3. The Morgan fingerprint density at radius 1 is 1.00 bits per heavy atom. The summed E-state index contributed by atoms with van der Waals surface area (Å²) in [6, 6.07) is 0. The van der Waals surface area contributed by atoms with Gasteiger partial charge in [-0.15, -0.1) is 0 Å². The molecule has 0 aliphatic carbocycles. The van der Waals surface area contributed by atoms with Crippen LogP contribution >= 0.6 is 0 Å². The first-order chi connectivity index (χ1) is 8.74. The molecule has 0 bridgehead atoms. The van der Waals surface area contributed by atoms with E-state index in [0.717, 1.165) is 26.3 Å². The monoisotopic (exact) mass is 258 g/mol. The van der Waals surface area contributed by atoms with Gasteiger partial charge >= 0.3 is 0 Å². The average molecular weight is 258 g/mol. The molecule has 18 heavy (non-hydrogen) atoms. The highest BCUT2D eigenvalue weighted by molar-refractivity contribution is 4.72. The van der Waals surface area contributed by atoms with Gasteiger partial charge in [0.05, 0.1) is 19.3 Å². The molecule has 2 aliphatic heterocycles. The van der Waals surface area contributed by atoms with Crippen LogP contribution in [0.2, 0.25) is 0 Å². The summed E-state index contributed by atoms with van der Waals surface area (Å²) in [5.74, 6) is 0. The Hall–Kier alpha value is -0.200. The zero-order valence-electron chi connectivity index (χ0n) is 11.6. The van der Waals surface area contributed by atoms with Crippen LogP contribution in [0, 0.1) is 0 Å². The van der Waals surface area contributed by atoms with Crippen molar-refractivity contribution in [2.24, 2.45) is 0 Å². The van der Waals surface area contributed by atoms with Crippen molar-refractivity contribution in [1.82, 2.24) is 9.96 Å². The van der Waals surface area contributed by atoms with Crippen LogP contribution in [-0.2, 0) is 14.3 Å². The summed E-state index contributed by atoms with van der Waals surface area (Å²) in [6.07, 6.45) is 5.43. The van der Waals surface area contributed by atoms with E-state index in [1.807, 2.05) is 5.06 Å².